The molecule has 5 aromatic carbocycles. The Labute approximate surface area is 260 Å². The molecule has 1 aliphatic rings. The summed E-state index contributed by atoms with van der Waals surface area (Å²) in [4.78, 5) is 19.2. The SMILES string of the molecule is O=P1(c2ccccc2)c2ccccc2Oc2ccc(-c3ccc(-c4nc(-c5ccccc5)nc(-c5ccccc5)n4)cn3)cc21. The number of para-hydroxylation sites is 1. The number of rotatable bonds is 5. The number of pyridine rings is 1. The highest BCUT2D eigenvalue weighted by atomic mass is 31.2. The maximum absolute atomic E-state index is 15.1. The molecule has 7 heteroatoms. The van der Waals surface area contributed by atoms with Gasteiger partial charge in [-0.1, -0.05) is 103 Å². The van der Waals surface area contributed by atoms with Crippen LogP contribution in [0.15, 0.2) is 152 Å². The Bertz CT molecular complexity index is 2150. The Morgan fingerprint density at radius 2 is 1.00 bits per heavy atom. The fourth-order valence-corrected chi connectivity index (χ4v) is 8.50. The summed E-state index contributed by atoms with van der Waals surface area (Å²) in [6.45, 7) is 0. The van der Waals surface area contributed by atoms with Crippen LogP contribution in [-0.4, -0.2) is 19.9 Å². The minimum atomic E-state index is -3.20. The number of benzene rings is 5. The molecule has 7 aromatic rings. The van der Waals surface area contributed by atoms with Gasteiger partial charge in [-0.15, -0.1) is 0 Å². The van der Waals surface area contributed by atoms with Crippen molar-refractivity contribution in [2.45, 2.75) is 0 Å². The predicted molar refractivity (Wildman–Crippen MR) is 179 cm³/mol. The predicted octanol–water partition coefficient (Wildman–Crippen LogP) is 7.68. The Balaban J connectivity index is 1.20. The van der Waals surface area contributed by atoms with Crippen LogP contribution in [0.3, 0.4) is 0 Å². The van der Waals surface area contributed by atoms with E-state index in [0.29, 0.717) is 39.6 Å². The van der Waals surface area contributed by atoms with Gasteiger partial charge >= 0.3 is 0 Å². The van der Waals surface area contributed by atoms with Crippen molar-refractivity contribution in [2.24, 2.45) is 0 Å². The average Bonchev–Trinajstić information content (AvgIpc) is 3.12. The van der Waals surface area contributed by atoms with Crippen molar-refractivity contribution in [2.75, 3.05) is 0 Å². The van der Waals surface area contributed by atoms with Crippen molar-refractivity contribution in [3.8, 4) is 56.9 Å². The van der Waals surface area contributed by atoms with Crippen molar-refractivity contribution in [1.82, 2.24) is 19.9 Å². The molecule has 0 radical (unpaired) electrons. The summed E-state index contributed by atoms with van der Waals surface area (Å²) < 4.78 is 21.3. The molecule has 1 aliphatic heterocycles. The Hall–Kier alpha value is -5.71. The topological polar surface area (TPSA) is 77.9 Å². The molecule has 0 saturated carbocycles. The zero-order valence-electron chi connectivity index (χ0n) is 24.0. The standard InChI is InChI=1S/C38H25N4O2P/c43-45(30-16-8-3-9-17-30)34-19-11-10-18-32(34)44-33-23-21-28(24-35(33)45)31-22-20-29(25-39-31)38-41-36(26-12-4-1-5-13-26)40-37(42-38)27-14-6-2-7-15-27/h1-25H. The van der Waals surface area contributed by atoms with Crippen LogP contribution in [0, 0.1) is 0 Å². The van der Waals surface area contributed by atoms with E-state index < -0.39 is 7.14 Å². The summed E-state index contributed by atoms with van der Waals surface area (Å²) >= 11 is 0. The number of hydrogen-bond acceptors (Lipinski definition) is 6. The lowest BCUT2D eigenvalue weighted by Gasteiger charge is -2.29. The van der Waals surface area contributed by atoms with Crippen LogP contribution in [0.4, 0.5) is 0 Å². The van der Waals surface area contributed by atoms with E-state index >= 15 is 4.57 Å². The molecule has 0 amide bonds. The zero-order valence-corrected chi connectivity index (χ0v) is 24.9. The Morgan fingerprint density at radius 3 is 1.62 bits per heavy atom. The lowest BCUT2D eigenvalue weighted by Crippen LogP contribution is -2.30. The van der Waals surface area contributed by atoms with E-state index in [0.717, 1.165) is 33.3 Å². The molecule has 0 bridgehead atoms. The highest BCUT2D eigenvalue weighted by Gasteiger charge is 2.39. The van der Waals surface area contributed by atoms with Gasteiger partial charge in [0.1, 0.15) is 11.5 Å². The highest BCUT2D eigenvalue weighted by Crippen LogP contribution is 2.51. The van der Waals surface area contributed by atoms with Gasteiger partial charge in [-0.05, 0) is 42.5 Å². The van der Waals surface area contributed by atoms with E-state index in [-0.39, 0.29) is 0 Å². The van der Waals surface area contributed by atoms with Crippen LogP contribution in [0.5, 0.6) is 11.5 Å². The third kappa shape index (κ3) is 4.82. The van der Waals surface area contributed by atoms with Crippen molar-refractivity contribution >= 4 is 23.1 Å². The molecule has 1 unspecified atom stereocenters. The third-order valence-corrected chi connectivity index (χ3v) is 11.0. The maximum atomic E-state index is 15.1. The van der Waals surface area contributed by atoms with Crippen molar-refractivity contribution in [3.63, 3.8) is 0 Å². The summed E-state index contributed by atoms with van der Waals surface area (Å²) in [5, 5.41) is 2.12. The van der Waals surface area contributed by atoms with Gasteiger partial charge in [0, 0.05) is 33.8 Å². The van der Waals surface area contributed by atoms with Gasteiger partial charge in [0.25, 0.3) is 0 Å². The highest BCUT2D eigenvalue weighted by molar-refractivity contribution is 7.85. The van der Waals surface area contributed by atoms with Gasteiger partial charge < -0.3 is 9.30 Å². The first-order chi connectivity index (χ1) is 22.2. The molecule has 0 fully saturated rings. The van der Waals surface area contributed by atoms with E-state index in [2.05, 4.69) is 0 Å². The molecule has 45 heavy (non-hydrogen) atoms. The number of hydrogen-bond donors (Lipinski definition) is 0. The Kier molecular flexibility index (Phi) is 6.63. The molecule has 8 rings (SSSR count). The van der Waals surface area contributed by atoms with Gasteiger partial charge in [0.2, 0.25) is 0 Å². The molecule has 0 N–H and O–H groups in total. The van der Waals surface area contributed by atoms with Crippen LogP contribution < -0.4 is 20.7 Å². The number of aromatic nitrogens is 4. The van der Waals surface area contributed by atoms with Crippen molar-refractivity contribution in [3.05, 3.63) is 152 Å². The quantitative estimate of drug-likeness (QED) is 0.189. The lowest BCUT2D eigenvalue weighted by molar-refractivity contribution is 0.485. The normalized spacial score (nSPS) is 15.0. The second-order valence-corrected chi connectivity index (χ2v) is 13.4. The van der Waals surface area contributed by atoms with Gasteiger partial charge in [-0.25, -0.2) is 15.0 Å². The van der Waals surface area contributed by atoms with E-state index in [4.69, 9.17) is 24.7 Å². The summed E-state index contributed by atoms with van der Waals surface area (Å²) in [6.07, 6.45) is 1.77. The Morgan fingerprint density at radius 1 is 0.467 bits per heavy atom. The molecule has 0 spiro atoms. The van der Waals surface area contributed by atoms with Crippen LogP contribution >= 0.6 is 7.14 Å². The van der Waals surface area contributed by atoms with E-state index in [1.807, 2.05) is 146 Å². The number of fused-ring (bicyclic) bond motifs is 2. The van der Waals surface area contributed by atoms with E-state index in [9.17, 15) is 0 Å². The van der Waals surface area contributed by atoms with E-state index in [1.54, 1.807) is 6.20 Å². The minimum absolute atomic E-state index is 0.533. The molecule has 3 heterocycles. The van der Waals surface area contributed by atoms with Gasteiger partial charge in [0.15, 0.2) is 24.6 Å². The lowest BCUT2D eigenvalue weighted by atomic mass is 10.1. The first-order valence-corrected chi connectivity index (χ1v) is 16.3. The van der Waals surface area contributed by atoms with Crippen molar-refractivity contribution in [1.29, 1.82) is 0 Å². The largest absolute Gasteiger partial charge is 0.456 e. The fraction of sp³-hybridized carbons (Fsp3) is 0. The van der Waals surface area contributed by atoms with Crippen LogP contribution in [0.25, 0.3) is 45.4 Å². The smallest absolute Gasteiger partial charge is 0.178 e. The van der Waals surface area contributed by atoms with Crippen LogP contribution in [0.2, 0.25) is 0 Å². The molecular formula is C38H25N4O2P. The van der Waals surface area contributed by atoms with Crippen LogP contribution in [-0.2, 0) is 4.57 Å². The number of nitrogens with zero attached hydrogens (tertiary/aromatic N) is 4. The van der Waals surface area contributed by atoms with E-state index in [1.165, 1.54) is 0 Å². The molecule has 0 aliphatic carbocycles. The second-order valence-electron chi connectivity index (χ2n) is 10.7. The number of ether oxygens (including phenoxy) is 1. The summed E-state index contributed by atoms with van der Waals surface area (Å²) in [7, 11) is -3.20. The summed E-state index contributed by atoms with van der Waals surface area (Å²) in [5.74, 6) is 2.93. The summed E-state index contributed by atoms with van der Waals surface area (Å²) in [6, 6.07) is 46.6. The van der Waals surface area contributed by atoms with Crippen LogP contribution in [0.1, 0.15) is 0 Å². The molecule has 214 valence electrons. The monoisotopic (exact) mass is 600 g/mol. The molecular weight excluding hydrogens is 575 g/mol. The van der Waals surface area contributed by atoms with Gasteiger partial charge in [-0.3, -0.25) is 4.98 Å². The fourth-order valence-electron chi connectivity index (χ4n) is 5.61. The summed E-state index contributed by atoms with van der Waals surface area (Å²) in [5.41, 5.74) is 4.15. The second kappa shape index (κ2) is 11.1. The molecule has 2 aromatic heterocycles. The van der Waals surface area contributed by atoms with Gasteiger partial charge in [-0.2, -0.15) is 0 Å². The first kappa shape index (κ1) is 26.9. The zero-order chi connectivity index (χ0) is 30.2. The van der Waals surface area contributed by atoms with Gasteiger partial charge in [0.05, 0.1) is 16.3 Å². The molecule has 0 saturated heterocycles. The first-order valence-electron chi connectivity index (χ1n) is 14.6. The molecule has 1 atom stereocenters. The minimum Gasteiger partial charge on any atom is -0.456 e. The third-order valence-electron chi connectivity index (χ3n) is 7.86. The van der Waals surface area contributed by atoms with Crippen molar-refractivity contribution < 1.29 is 9.30 Å². The maximum Gasteiger partial charge on any atom is 0.178 e. The molecule has 6 nitrogen and oxygen atoms in total. The average molecular weight is 601 g/mol.